The molecule has 0 unspecified atom stereocenters. The second kappa shape index (κ2) is 18.0. The maximum absolute atomic E-state index is 14.4. The van der Waals surface area contributed by atoms with Crippen molar-refractivity contribution in [2.24, 2.45) is 50.2 Å². The number of carbonyl (C=O) groups is 2. The average Bonchev–Trinajstić information content (AvgIpc) is 3.22. The molecule has 0 bridgehead atoms. The van der Waals surface area contributed by atoms with Gasteiger partial charge in [-0.1, -0.05) is 66.5 Å². The second-order valence-electron chi connectivity index (χ2n) is 22.8. The summed E-state index contributed by atoms with van der Waals surface area (Å²) in [5, 5.41) is 86.2. The van der Waals surface area contributed by atoms with Crippen molar-refractivity contribution in [3.63, 3.8) is 0 Å². The summed E-state index contributed by atoms with van der Waals surface area (Å²) in [5.74, 6) is 0.207. The van der Waals surface area contributed by atoms with Gasteiger partial charge in [-0.05, 0) is 122 Å². The van der Waals surface area contributed by atoms with Crippen molar-refractivity contribution >= 4 is 11.9 Å². The van der Waals surface area contributed by atoms with Crippen molar-refractivity contribution in [3.8, 4) is 0 Å². The van der Waals surface area contributed by atoms with Crippen molar-refractivity contribution in [1.82, 2.24) is 5.32 Å². The Bertz CT molecular complexity index is 1690. The summed E-state index contributed by atoms with van der Waals surface area (Å²) in [5.41, 5.74) is 0.681. The van der Waals surface area contributed by atoms with Crippen LogP contribution in [-0.2, 0) is 28.5 Å². The van der Waals surface area contributed by atoms with Crippen molar-refractivity contribution in [2.75, 3.05) is 19.8 Å². The Morgan fingerprint density at radius 1 is 0.730 bits per heavy atom. The topological polar surface area (TPSA) is 245 Å². The number of aliphatic carboxylic acids is 1. The number of allylic oxidation sites excluding steroid dienone is 2. The van der Waals surface area contributed by atoms with Gasteiger partial charge in [0, 0.05) is 13.0 Å². The lowest BCUT2D eigenvalue weighted by Crippen LogP contribution is -2.67. The van der Waals surface area contributed by atoms with Gasteiger partial charge in [-0.15, -0.1) is 0 Å². The van der Waals surface area contributed by atoms with E-state index in [4.69, 9.17) is 24.1 Å². The standard InChI is InChI=1S/C48H79NO14/c1-43(2)18-20-48(42(59)49-22-10-8-9-11-33(52)53)21-19-46(6)26(27(48)23-43)12-13-31-45(5)16-15-32(44(3,4)30(45)14-17-47(31,46)7)62-40-38(58)36(56)39(29(25-51)61-40)63-41-37(57)35(55)34(54)28(24-50)60-41/h12,27-32,34-41,50-51,54-58H,8-11,13-25H2,1-7H3,(H,49,59)(H,52,53)/t27-,28+,29+,30-,31+,32-,34-,35-,36+,37+,38+,39+,40-,41-,45-,46+,47+,48-/m0/s1. The molecule has 0 aromatic rings. The maximum atomic E-state index is 14.4. The Morgan fingerprint density at radius 2 is 1.38 bits per heavy atom. The number of amides is 1. The second-order valence-corrected chi connectivity index (χ2v) is 22.8. The van der Waals surface area contributed by atoms with E-state index in [1.54, 1.807) is 0 Å². The van der Waals surface area contributed by atoms with Crippen molar-refractivity contribution in [1.29, 1.82) is 0 Å². The van der Waals surface area contributed by atoms with E-state index in [0.29, 0.717) is 25.3 Å². The number of carboxylic acids is 1. The first-order valence-electron chi connectivity index (χ1n) is 24.0. The van der Waals surface area contributed by atoms with Gasteiger partial charge in [-0.3, -0.25) is 9.59 Å². The van der Waals surface area contributed by atoms with Crippen LogP contribution in [-0.4, -0.2) is 140 Å². The fourth-order valence-corrected chi connectivity index (χ4v) is 14.7. The molecule has 1 amide bonds. The highest BCUT2D eigenvalue weighted by Gasteiger charge is 2.69. The van der Waals surface area contributed by atoms with E-state index >= 15 is 0 Å². The van der Waals surface area contributed by atoms with E-state index in [-0.39, 0.29) is 57.3 Å². The number of rotatable bonds is 13. The van der Waals surface area contributed by atoms with Crippen molar-refractivity contribution < 1.29 is 69.4 Å². The summed E-state index contributed by atoms with van der Waals surface area (Å²) < 4.78 is 24.0. The van der Waals surface area contributed by atoms with Crippen LogP contribution < -0.4 is 5.32 Å². The van der Waals surface area contributed by atoms with E-state index in [1.165, 1.54) is 5.57 Å². The van der Waals surface area contributed by atoms with Gasteiger partial charge < -0.3 is 65.1 Å². The van der Waals surface area contributed by atoms with Crippen LogP contribution in [0.2, 0.25) is 0 Å². The van der Waals surface area contributed by atoms with Crippen LogP contribution in [0.15, 0.2) is 11.6 Å². The molecule has 9 N–H and O–H groups in total. The Labute approximate surface area is 373 Å². The molecular formula is C48H79NO14. The third kappa shape index (κ3) is 8.37. The van der Waals surface area contributed by atoms with Gasteiger partial charge >= 0.3 is 5.97 Å². The highest BCUT2D eigenvalue weighted by atomic mass is 16.7. The summed E-state index contributed by atoms with van der Waals surface area (Å²) in [4.78, 5) is 25.4. The molecular weight excluding hydrogens is 815 g/mol. The predicted molar refractivity (Wildman–Crippen MR) is 229 cm³/mol. The number of aliphatic hydroxyl groups is 7. The Morgan fingerprint density at radius 3 is 2.06 bits per heavy atom. The lowest BCUT2D eigenvalue weighted by molar-refractivity contribution is -0.368. The van der Waals surface area contributed by atoms with Gasteiger partial charge in [0.1, 0.15) is 48.8 Å². The fraction of sp³-hybridized carbons (Fsp3) is 0.917. The lowest BCUT2D eigenvalue weighted by atomic mass is 9.33. The zero-order valence-corrected chi connectivity index (χ0v) is 38.7. The Kier molecular flexibility index (Phi) is 14.1. The minimum Gasteiger partial charge on any atom is -0.481 e. The summed E-state index contributed by atoms with van der Waals surface area (Å²) in [6, 6.07) is 0. The molecule has 15 heteroatoms. The highest BCUT2D eigenvalue weighted by Crippen LogP contribution is 2.76. The van der Waals surface area contributed by atoms with Crippen LogP contribution in [0.25, 0.3) is 0 Å². The fourth-order valence-electron chi connectivity index (χ4n) is 14.7. The Balaban J connectivity index is 1.06. The van der Waals surface area contributed by atoms with Crippen molar-refractivity contribution in [2.45, 2.75) is 206 Å². The minimum atomic E-state index is -1.75. The molecule has 18 atom stereocenters. The summed E-state index contributed by atoms with van der Waals surface area (Å²) in [6.07, 6.45) is -1.35. The molecule has 15 nitrogen and oxygen atoms in total. The third-order valence-electron chi connectivity index (χ3n) is 18.6. The van der Waals surface area contributed by atoms with E-state index in [9.17, 15) is 45.3 Å². The zero-order valence-electron chi connectivity index (χ0n) is 38.7. The van der Waals surface area contributed by atoms with Gasteiger partial charge in [-0.2, -0.15) is 0 Å². The number of hydrogen-bond donors (Lipinski definition) is 9. The van der Waals surface area contributed by atoms with Crippen molar-refractivity contribution in [3.05, 3.63) is 11.6 Å². The predicted octanol–water partition coefficient (Wildman–Crippen LogP) is 3.56. The molecule has 0 spiro atoms. The third-order valence-corrected chi connectivity index (χ3v) is 18.6. The smallest absolute Gasteiger partial charge is 0.303 e. The lowest BCUT2D eigenvalue weighted by Gasteiger charge is -2.71. The normalized spacial score (nSPS) is 47.8. The van der Waals surface area contributed by atoms with Crippen LogP contribution in [0, 0.1) is 50.2 Å². The molecule has 360 valence electrons. The molecule has 63 heavy (non-hydrogen) atoms. The number of carbonyl (C=O) groups excluding carboxylic acids is 1. The van der Waals surface area contributed by atoms with Crippen LogP contribution in [0.1, 0.15) is 138 Å². The largest absolute Gasteiger partial charge is 0.481 e. The Hall–Kier alpha value is -1.76. The number of nitrogens with one attached hydrogen (secondary N) is 1. The molecule has 0 aromatic carbocycles. The quantitative estimate of drug-likeness (QED) is 0.0730. The van der Waals surface area contributed by atoms with Crippen LogP contribution in [0.5, 0.6) is 0 Å². The maximum Gasteiger partial charge on any atom is 0.303 e. The molecule has 0 radical (unpaired) electrons. The van der Waals surface area contributed by atoms with E-state index in [2.05, 4.69) is 59.9 Å². The molecule has 2 saturated heterocycles. The number of fused-ring (bicyclic) bond motifs is 7. The molecule has 7 rings (SSSR count). The molecule has 4 saturated carbocycles. The van der Waals surface area contributed by atoms with E-state index in [1.807, 2.05) is 0 Å². The molecule has 6 fully saturated rings. The molecule has 2 heterocycles. The van der Waals surface area contributed by atoms with Gasteiger partial charge in [0.05, 0.1) is 24.7 Å². The number of ether oxygens (including phenoxy) is 4. The minimum absolute atomic E-state index is 0.00241. The number of unbranched alkanes of at least 4 members (excludes halogenated alkanes) is 2. The molecule has 5 aliphatic carbocycles. The van der Waals surface area contributed by atoms with Crippen LogP contribution in [0.4, 0.5) is 0 Å². The van der Waals surface area contributed by atoms with Gasteiger partial charge in [0.25, 0.3) is 0 Å². The number of aliphatic hydroxyl groups excluding tert-OH is 7. The van der Waals surface area contributed by atoms with Gasteiger partial charge in [0.15, 0.2) is 12.6 Å². The van der Waals surface area contributed by atoms with E-state index in [0.717, 1.165) is 70.6 Å². The van der Waals surface area contributed by atoms with Gasteiger partial charge in [-0.25, -0.2) is 0 Å². The number of hydrogen-bond acceptors (Lipinski definition) is 13. The SMILES string of the molecule is CC1(C)CC[C@]2(C(=O)NCCCCCC(=O)O)CC[C@]3(C)C(=CC[C@@H]4[C@@]5(C)CC[C@H](O[C@@H]6O[C@H](CO)[C@@H](O[C@@H]7O[C@H](CO)[C@H](O)[C@H](O)[C@H]7O)[C@H](O)[C@H]6O)C(C)(C)[C@@H]5CC[C@]43C)[C@@H]2C1. The van der Waals surface area contributed by atoms with E-state index < -0.39 is 86.0 Å². The summed E-state index contributed by atoms with van der Waals surface area (Å²) >= 11 is 0. The molecule has 7 aliphatic rings. The van der Waals surface area contributed by atoms with Crippen LogP contribution in [0.3, 0.4) is 0 Å². The summed E-state index contributed by atoms with van der Waals surface area (Å²) in [7, 11) is 0. The monoisotopic (exact) mass is 894 g/mol. The first-order valence-corrected chi connectivity index (χ1v) is 24.0. The number of carboxylic acid groups (broad SMARTS) is 1. The molecule has 2 aliphatic heterocycles. The summed E-state index contributed by atoms with van der Waals surface area (Å²) in [6.45, 7) is 15.9. The highest BCUT2D eigenvalue weighted by molar-refractivity contribution is 5.84. The zero-order chi connectivity index (χ0) is 46.1. The average molecular weight is 894 g/mol. The van der Waals surface area contributed by atoms with Gasteiger partial charge in [0.2, 0.25) is 5.91 Å². The van der Waals surface area contributed by atoms with Crippen LogP contribution >= 0.6 is 0 Å². The first-order chi connectivity index (χ1) is 29.5. The first kappa shape index (κ1) is 49.2. The molecule has 0 aromatic heterocycles.